The molecule has 3 heterocycles. The summed E-state index contributed by atoms with van der Waals surface area (Å²) < 4.78 is 19.4. The zero-order chi connectivity index (χ0) is 17.8. The number of rotatable bonds is 2. The molecule has 0 radical (unpaired) electrons. The topological polar surface area (TPSA) is 78.6 Å². The number of hydrogen-bond donors (Lipinski definition) is 1. The third kappa shape index (κ3) is 2.77. The number of aromatic nitrogens is 3. The molecule has 0 aliphatic carbocycles. The third-order valence-corrected chi connectivity index (χ3v) is 5.63. The van der Waals surface area contributed by atoms with E-state index in [-0.39, 0.29) is 17.2 Å². The Morgan fingerprint density at radius 1 is 1.20 bits per heavy atom. The zero-order valence-electron chi connectivity index (χ0n) is 15.1. The SMILES string of the molecule is CC1(C)OB(c2ccc3c(c2)nnn3[C@H]2COCC[C@@H]2O)OC1(C)C. The van der Waals surface area contributed by atoms with Gasteiger partial charge in [-0.2, -0.15) is 0 Å². The summed E-state index contributed by atoms with van der Waals surface area (Å²) in [5.41, 5.74) is 1.78. The average molecular weight is 345 g/mol. The Labute approximate surface area is 147 Å². The molecule has 2 aliphatic rings. The number of aliphatic hydroxyl groups is 1. The van der Waals surface area contributed by atoms with Crippen LogP contribution in [0.15, 0.2) is 18.2 Å². The van der Waals surface area contributed by atoms with Crippen molar-refractivity contribution in [2.24, 2.45) is 0 Å². The summed E-state index contributed by atoms with van der Waals surface area (Å²) in [7, 11) is -0.428. The zero-order valence-corrected chi connectivity index (χ0v) is 15.1. The number of ether oxygens (including phenoxy) is 1. The van der Waals surface area contributed by atoms with Crippen molar-refractivity contribution in [1.82, 2.24) is 15.0 Å². The van der Waals surface area contributed by atoms with Crippen LogP contribution in [0.3, 0.4) is 0 Å². The average Bonchev–Trinajstić information content (AvgIpc) is 3.05. The van der Waals surface area contributed by atoms with Gasteiger partial charge in [-0.15, -0.1) is 5.10 Å². The molecule has 2 fully saturated rings. The van der Waals surface area contributed by atoms with Crippen LogP contribution in [0.4, 0.5) is 0 Å². The van der Waals surface area contributed by atoms with Crippen LogP contribution in [0.25, 0.3) is 11.0 Å². The third-order valence-electron chi connectivity index (χ3n) is 5.63. The van der Waals surface area contributed by atoms with E-state index in [9.17, 15) is 5.11 Å². The normalized spacial score (nSPS) is 28.6. The Morgan fingerprint density at radius 3 is 2.60 bits per heavy atom. The van der Waals surface area contributed by atoms with Crippen molar-refractivity contribution in [2.75, 3.05) is 13.2 Å². The molecule has 0 amide bonds. The number of nitrogens with zero attached hydrogens (tertiary/aromatic N) is 3. The molecular formula is C17H24BN3O4. The lowest BCUT2D eigenvalue weighted by atomic mass is 9.79. The van der Waals surface area contributed by atoms with Gasteiger partial charge in [0.05, 0.1) is 29.4 Å². The van der Waals surface area contributed by atoms with E-state index in [1.165, 1.54) is 0 Å². The van der Waals surface area contributed by atoms with Gasteiger partial charge in [0.25, 0.3) is 0 Å². The first-order chi connectivity index (χ1) is 11.8. The minimum atomic E-state index is -0.471. The summed E-state index contributed by atoms with van der Waals surface area (Å²) in [6, 6.07) is 5.66. The van der Waals surface area contributed by atoms with E-state index >= 15 is 0 Å². The van der Waals surface area contributed by atoms with E-state index in [0.717, 1.165) is 16.5 Å². The molecule has 0 unspecified atom stereocenters. The highest BCUT2D eigenvalue weighted by molar-refractivity contribution is 6.62. The predicted molar refractivity (Wildman–Crippen MR) is 93.7 cm³/mol. The maximum Gasteiger partial charge on any atom is 0.494 e. The molecule has 2 aliphatic heterocycles. The first-order valence-electron chi connectivity index (χ1n) is 8.75. The van der Waals surface area contributed by atoms with Crippen molar-refractivity contribution in [3.05, 3.63) is 18.2 Å². The van der Waals surface area contributed by atoms with E-state index in [4.69, 9.17) is 14.0 Å². The van der Waals surface area contributed by atoms with Gasteiger partial charge in [0.2, 0.25) is 0 Å². The van der Waals surface area contributed by atoms with Crippen molar-refractivity contribution in [1.29, 1.82) is 0 Å². The second kappa shape index (κ2) is 5.77. The lowest BCUT2D eigenvalue weighted by Crippen LogP contribution is -2.41. The molecule has 0 saturated carbocycles. The first kappa shape index (κ1) is 17.0. The molecule has 4 rings (SSSR count). The molecule has 0 bridgehead atoms. The molecule has 1 aromatic carbocycles. The summed E-state index contributed by atoms with van der Waals surface area (Å²) in [4.78, 5) is 0. The Kier molecular flexibility index (Phi) is 3.92. The van der Waals surface area contributed by atoms with Crippen LogP contribution in [0, 0.1) is 0 Å². The minimum Gasteiger partial charge on any atom is -0.399 e. The van der Waals surface area contributed by atoms with Crippen LogP contribution in [-0.2, 0) is 14.0 Å². The largest absolute Gasteiger partial charge is 0.494 e. The van der Waals surface area contributed by atoms with E-state index < -0.39 is 13.2 Å². The molecule has 1 N–H and O–H groups in total. The van der Waals surface area contributed by atoms with Gasteiger partial charge in [0, 0.05) is 6.61 Å². The smallest absolute Gasteiger partial charge is 0.399 e. The standard InChI is InChI=1S/C17H24BN3O4/c1-16(2)17(3,4)25-18(24-16)11-5-6-13-12(9-11)19-20-21(13)14-10-23-8-7-15(14)22/h5-6,9,14-15,22H,7-8,10H2,1-4H3/t14-,15-/m0/s1. The first-order valence-corrected chi connectivity index (χ1v) is 8.75. The summed E-state index contributed by atoms with van der Waals surface area (Å²) >= 11 is 0. The van der Waals surface area contributed by atoms with Gasteiger partial charge < -0.3 is 19.2 Å². The van der Waals surface area contributed by atoms with Crippen molar-refractivity contribution >= 4 is 23.6 Å². The molecule has 8 heteroatoms. The molecular weight excluding hydrogens is 321 g/mol. The van der Waals surface area contributed by atoms with Crippen LogP contribution in [-0.4, -0.2) is 57.7 Å². The number of aliphatic hydroxyl groups excluding tert-OH is 1. The van der Waals surface area contributed by atoms with Crippen molar-refractivity contribution in [2.45, 2.75) is 57.5 Å². The van der Waals surface area contributed by atoms with Gasteiger partial charge in [-0.1, -0.05) is 11.3 Å². The fourth-order valence-corrected chi connectivity index (χ4v) is 3.27. The molecule has 2 atom stereocenters. The second-order valence-electron chi connectivity index (χ2n) is 7.87. The summed E-state index contributed by atoms with van der Waals surface area (Å²) in [6.07, 6.45) is 0.138. The lowest BCUT2D eigenvalue weighted by Gasteiger charge is -2.32. The summed E-state index contributed by atoms with van der Waals surface area (Å²) in [5, 5.41) is 18.7. The van der Waals surface area contributed by atoms with Crippen LogP contribution in [0.2, 0.25) is 0 Å². The van der Waals surface area contributed by atoms with Crippen molar-refractivity contribution in [3.63, 3.8) is 0 Å². The summed E-state index contributed by atoms with van der Waals surface area (Å²) in [6.45, 7) is 9.16. The number of benzene rings is 1. The van der Waals surface area contributed by atoms with E-state index in [2.05, 4.69) is 10.3 Å². The van der Waals surface area contributed by atoms with Gasteiger partial charge in [-0.3, -0.25) is 0 Å². The van der Waals surface area contributed by atoms with E-state index in [1.54, 1.807) is 4.68 Å². The minimum absolute atomic E-state index is 0.207. The molecule has 2 aromatic rings. The Hall–Kier alpha value is -1.48. The van der Waals surface area contributed by atoms with E-state index in [0.29, 0.717) is 19.6 Å². The van der Waals surface area contributed by atoms with Gasteiger partial charge >= 0.3 is 7.12 Å². The van der Waals surface area contributed by atoms with E-state index in [1.807, 2.05) is 45.9 Å². The van der Waals surface area contributed by atoms with Gasteiger partial charge in [0.15, 0.2) is 0 Å². The van der Waals surface area contributed by atoms with Crippen LogP contribution >= 0.6 is 0 Å². The molecule has 1 aromatic heterocycles. The van der Waals surface area contributed by atoms with Crippen molar-refractivity contribution < 1.29 is 19.2 Å². The number of fused-ring (bicyclic) bond motifs is 1. The fraction of sp³-hybridized carbons (Fsp3) is 0.647. The highest BCUT2D eigenvalue weighted by Crippen LogP contribution is 2.36. The Bertz CT molecular complexity index is 775. The predicted octanol–water partition coefficient (Wildman–Crippen LogP) is 1.05. The highest BCUT2D eigenvalue weighted by Gasteiger charge is 2.51. The van der Waals surface area contributed by atoms with Crippen LogP contribution in [0.1, 0.15) is 40.2 Å². The molecule has 134 valence electrons. The Balaban J connectivity index is 1.64. The van der Waals surface area contributed by atoms with Crippen LogP contribution in [0.5, 0.6) is 0 Å². The van der Waals surface area contributed by atoms with Gasteiger partial charge in [-0.05, 0) is 51.7 Å². The molecule has 7 nitrogen and oxygen atoms in total. The molecule has 2 saturated heterocycles. The fourth-order valence-electron chi connectivity index (χ4n) is 3.27. The quantitative estimate of drug-likeness (QED) is 0.820. The van der Waals surface area contributed by atoms with Gasteiger partial charge in [-0.25, -0.2) is 4.68 Å². The van der Waals surface area contributed by atoms with Crippen LogP contribution < -0.4 is 5.46 Å². The Morgan fingerprint density at radius 2 is 1.92 bits per heavy atom. The summed E-state index contributed by atoms with van der Waals surface area (Å²) in [5.74, 6) is 0. The van der Waals surface area contributed by atoms with Crippen molar-refractivity contribution in [3.8, 4) is 0 Å². The number of hydrogen-bond acceptors (Lipinski definition) is 6. The molecule has 25 heavy (non-hydrogen) atoms. The maximum atomic E-state index is 10.2. The monoisotopic (exact) mass is 345 g/mol. The lowest BCUT2D eigenvalue weighted by molar-refractivity contribution is -0.0321. The highest BCUT2D eigenvalue weighted by atomic mass is 16.7. The maximum absolute atomic E-state index is 10.2. The van der Waals surface area contributed by atoms with Gasteiger partial charge in [0.1, 0.15) is 11.6 Å². The second-order valence-corrected chi connectivity index (χ2v) is 7.87. The molecule has 0 spiro atoms.